The number of carbonyl (C=O) groups excluding carboxylic acids is 1. The number of hydrogen-bond acceptors (Lipinski definition) is 3. The number of pyridine rings is 1. The second-order valence-electron chi connectivity index (χ2n) is 3.30. The predicted octanol–water partition coefficient (Wildman–Crippen LogP) is 2.05. The van der Waals surface area contributed by atoms with Crippen molar-refractivity contribution in [3.8, 4) is 0 Å². The molecule has 0 saturated heterocycles. The highest BCUT2D eigenvalue weighted by atomic mass is 16.5. The minimum atomic E-state index is -0.309. The molecule has 0 aliphatic carbocycles. The second kappa shape index (κ2) is 3.73. The molecule has 0 bridgehead atoms. The van der Waals surface area contributed by atoms with Gasteiger partial charge in [-0.2, -0.15) is 0 Å². The summed E-state index contributed by atoms with van der Waals surface area (Å²) in [6, 6.07) is 0. The number of fused-ring (bicyclic) bond motifs is 1. The molecule has 0 aromatic carbocycles. The minimum absolute atomic E-state index is 0.309. The molecule has 0 fully saturated rings. The first kappa shape index (κ1) is 9.71. The van der Waals surface area contributed by atoms with E-state index in [-0.39, 0.29) is 5.97 Å². The van der Waals surface area contributed by atoms with Crippen molar-refractivity contribution in [3.05, 3.63) is 29.7 Å². The molecule has 2 rings (SSSR count). The van der Waals surface area contributed by atoms with E-state index in [0.29, 0.717) is 12.2 Å². The lowest BCUT2D eigenvalue weighted by atomic mass is 10.2. The SMILES string of the molecule is CCOC(=O)c1c[nH]c2c(C)cncc12. The average molecular weight is 204 g/mol. The minimum Gasteiger partial charge on any atom is -0.462 e. The van der Waals surface area contributed by atoms with Gasteiger partial charge in [0.15, 0.2) is 0 Å². The van der Waals surface area contributed by atoms with Crippen LogP contribution in [0.2, 0.25) is 0 Å². The number of nitrogens with one attached hydrogen (secondary N) is 1. The van der Waals surface area contributed by atoms with Crippen LogP contribution in [0, 0.1) is 6.92 Å². The fourth-order valence-electron chi connectivity index (χ4n) is 1.56. The Morgan fingerprint density at radius 3 is 3.07 bits per heavy atom. The summed E-state index contributed by atoms with van der Waals surface area (Å²) in [5, 5.41) is 0.813. The summed E-state index contributed by atoms with van der Waals surface area (Å²) in [5.74, 6) is -0.309. The molecule has 1 N–H and O–H groups in total. The third-order valence-corrected chi connectivity index (χ3v) is 2.28. The van der Waals surface area contributed by atoms with Crippen LogP contribution >= 0.6 is 0 Å². The maximum Gasteiger partial charge on any atom is 0.340 e. The number of nitrogens with zero attached hydrogens (tertiary/aromatic N) is 1. The first-order valence-corrected chi connectivity index (χ1v) is 4.83. The molecule has 0 radical (unpaired) electrons. The van der Waals surface area contributed by atoms with Gasteiger partial charge in [-0.15, -0.1) is 0 Å². The molecular weight excluding hydrogens is 192 g/mol. The lowest BCUT2D eigenvalue weighted by Gasteiger charge is -1.99. The van der Waals surface area contributed by atoms with Gasteiger partial charge in [0.2, 0.25) is 0 Å². The molecule has 2 heterocycles. The summed E-state index contributed by atoms with van der Waals surface area (Å²) in [4.78, 5) is 18.7. The van der Waals surface area contributed by atoms with Crippen molar-refractivity contribution in [1.29, 1.82) is 0 Å². The standard InChI is InChI=1S/C11H12N2O2/c1-3-15-11(14)9-6-13-10-7(2)4-12-5-8(9)10/h4-6,13H,3H2,1-2H3. The Balaban J connectivity index is 2.54. The third-order valence-electron chi connectivity index (χ3n) is 2.28. The van der Waals surface area contributed by atoms with E-state index in [4.69, 9.17) is 4.74 Å². The highest BCUT2D eigenvalue weighted by Crippen LogP contribution is 2.20. The van der Waals surface area contributed by atoms with Crippen molar-refractivity contribution < 1.29 is 9.53 Å². The predicted molar refractivity (Wildman–Crippen MR) is 56.8 cm³/mol. The zero-order chi connectivity index (χ0) is 10.8. The van der Waals surface area contributed by atoms with Gasteiger partial charge in [-0.3, -0.25) is 4.98 Å². The summed E-state index contributed by atoms with van der Waals surface area (Å²) in [7, 11) is 0. The van der Waals surface area contributed by atoms with Crippen molar-refractivity contribution in [3.63, 3.8) is 0 Å². The number of esters is 1. The van der Waals surface area contributed by atoms with E-state index in [1.165, 1.54) is 0 Å². The fourth-order valence-corrected chi connectivity index (χ4v) is 1.56. The van der Waals surface area contributed by atoms with Crippen molar-refractivity contribution in [2.45, 2.75) is 13.8 Å². The van der Waals surface area contributed by atoms with Crippen LogP contribution in [0.1, 0.15) is 22.8 Å². The van der Waals surface area contributed by atoms with Gasteiger partial charge in [0.05, 0.1) is 17.7 Å². The number of H-pyrrole nitrogens is 1. The first-order chi connectivity index (χ1) is 7.24. The zero-order valence-electron chi connectivity index (χ0n) is 8.70. The van der Waals surface area contributed by atoms with Gasteiger partial charge in [-0.05, 0) is 19.4 Å². The van der Waals surface area contributed by atoms with E-state index in [1.54, 1.807) is 25.5 Å². The molecule has 0 aliphatic heterocycles. The number of aryl methyl sites for hydroxylation is 1. The van der Waals surface area contributed by atoms with Gasteiger partial charge in [-0.25, -0.2) is 4.79 Å². The summed E-state index contributed by atoms with van der Waals surface area (Å²) < 4.78 is 4.95. The molecule has 15 heavy (non-hydrogen) atoms. The van der Waals surface area contributed by atoms with E-state index in [0.717, 1.165) is 16.5 Å². The molecule has 0 unspecified atom stereocenters. The third kappa shape index (κ3) is 1.58. The van der Waals surface area contributed by atoms with Crippen molar-refractivity contribution in [1.82, 2.24) is 9.97 Å². The van der Waals surface area contributed by atoms with Gasteiger partial charge in [-0.1, -0.05) is 0 Å². The van der Waals surface area contributed by atoms with Crippen molar-refractivity contribution >= 4 is 16.9 Å². The molecule has 0 saturated carbocycles. The van der Waals surface area contributed by atoms with E-state index < -0.39 is 0 Å². The highest BCUT2D eigenvalue weighted by Gasteiger charge is 2.13. The fraction of sp³-hybridized carbons (Fsp3) is 0.273. The molecule has 0 spiro atoms. The van der Waals surface area contributed by atoms with E-state index in [1.807, 2.05) is 6.92 Å². The Hall–Kier alpha value is -1.84. The van der Waals surface area contributed by atoms with Crippen LogP contribution < -0.4 is 0 Å². The van der Waals surface area contributed by atoms with Crippen molar-refractivity contribution in [2.75, 3.05) is 6.61 Å². The van der Waals surface area contributed by atoms with Gasteiger partial charge in [0.25, 0.3) is 0 Å². The molecule has 0 aliphatic rings. The van der Waals surface area contributed by atoms with Gasteiger partial charge in [0, 0.05) is 24.0 Å². The summed E-state index contributed by atoms with van der Waals surface area (Å²) in [5.41, 5.74) is 2.50. The Labute approximate surface area is 87.3 Å². The maximum atomic E-state index is 11.6. The van der Waals surface area contributed by atoms with Crippen LogP contribution in [0.15, 0.2) is 18.6 Å². The summed E-state index contributed by atoms with van der Waals surface area (Å²) in [6.45, 7) is 4.11. The molecule has 0 amide bonds. The summed E-state index contributed by atoms with van der Waals surface area (Å²) >= 11 is 0. The maximum absolute atomic E-state index is 11.6. The Morgan fingerprint density at radius 2 is 2.33 bits per heavy atom. The van der Waals surface area contributed by atoms with Crippen LogP contribution in [-0.2, 0) is 4.74 Å². The lowest BCUT2D eigenvalue weighted by Crippen LogP contribution is -2.03. The monoisotopic (exact) mass is 204 g/mol. The van der Waals surface area contributed by atoms with Crippen LogP contribution in [0.5, 0.6) is 0 Å². The highest BCUT2D eigenvalue weighted by molar-refractivity contribution is 6.04. The van der Waals surface area contributed by atoms with Crippen LogP contribution in [0.25, 0.3) is 10.9 Å². The van der Waals surface area contributed by atoms with E-state index >= 15 is 0 Å². The zero-order valence-corrected chi connectivity index (χ0v) is 8.70. The summed E-state index contributed by atoms with van der Waals surface area (Å²) in [6.07, 6.45) is 5.09. The lowest BCUT2D eigenvalue weighted by molar-refractivity contribution is 0.0528. The van der Waals surface area contributed by atoms with Gasteiger partial charge >= 0.3 is 5.97 Å². The smallest absolute Gasteiger partial charge is 0.340 e. The number of aromatic nitrogens is 2. The van der Waals surface area contributed by atoms with Gasteiger partial charge < -0.3 is 9.72 Å². The average Bonchev–Trinajstić information content (AvgIpc) is 2.63. The number of carbonyl (C=O) groups is 1. The first-order valence-electron chi connectivity index (χ1n) is 4.83. The Morgan fingerprint density at radius 1 is 1.53 bits per heavy atom. The molecule has 78 valence electrons. The van der Waals surface area contributed by atoms with Crippen molar-refractivity contribution in [2.24, 2.45) is 0 Å². The second-order valence-corrected chi connectivity index (χ2v) is 3.30. The quantitative estimate of drug-likeness (QED) is 0.761. The van der Waals surface area contributed by atoms with Crippen LogP contribution in [0.4, 0.5) is 0 Å². The Bertz CT molecular complexity index is 502. The number of rotatable bonds is 2. The molecule has 2 aromatic heterocycles. The largest absolute Gasteiger partial charge is 0.462 e. The Kier molecular flexibility index (Phi) is 2.41. The normalized spacial score (nSPS) is 10.5. The topological polar surface area (TPSA) is 55.0 Å². The molecular formula is C11H12N2O2. The number of aromatic amines is 1. The molecule has 4 heteroatoms. The van der Waals surface area contributed by atoms with Crippen LogP contribution in [0.3, 0.4) is 0 Å². The van der Waals surface area contributed by atoms with E-state index in [2.05, 4.69) is 9.97 Å². The number of ether oxygens (including phenoxy) is 1. The molecule has 0 atom stereocenters. The van der Waals surface area contributed by atoms with Gasteiger partial charge in [0.1, 0.15) is 0 Å². The van der Waals surface area contributed by atoms with Crippen LogP contribution in [-0.4, -0.2) is 22.5 Å². The van der Waals surface area contributed by atoms with E-state index in [9.17, 15) is 4.79 Å². The molecule has 2 aromatic rings. The number of hydrogen-bond donors (Lipinski definition) is 1. The molecule has 4 nitrogen and oxygen atoms in total.